The predicted octanol–water partition coefficient (Wildman–Crippen LogP) is -0.637. The Labute approximate surface area is 94.8 Å². The standard InChI is InChI=1S/C10H18N4O2/c1-16-8-3-9(11)10(15)12-5-7-14-6-2-4-13-14/h2,4,6,9H,3,5,7-8,11H2,1H3,(H,12,15). The SMILES string of the molecule is COCCC(N)C(=O)NCCn1cccn1. The van der Waals surface area contributed by atoms with E-state index in [4.69, 9.17) is 10.5 Å². The van der Waals surface area contributed by atoms with E-state index >= 15 is 0 Å². The molecule has 0 spiro atoms. The van der Waals surface area contributed by atoms with Gasteiger partial charge in [-0.2, -0.15) is 5.10 Å². The summed E-state index contributed by atoms with van der Waals surface area (Å²) in [5.74, 6) is -0.149. The van der Waals surface area contributed by atoms with Gasteiger partial charge in [0.25, 0.3) is 0 Å². The summed E-state index contributed by atoms with van der Waals surface area (Å²) in [7, 11) is 1.59. The third-order valence-electron chi connectivity index (χ3n) is 2.17. The van der Waals surface area contributed by atoms with Crippen LogP contribution in [-0.4, -0.2) is 42.0 Å². The van der Waals surface area contributed by atoms with Gasteiger partial charge in [-0.05, 0) is 12.5 Å². The third kappa shape index (κ3) is 4.41. The van der Waals surface area contributed by atoms with Crippen molar-refractivity contribution in [3.8, 4) is 0 Å². The zero-order chi connectivity index (χ0) is 11.8. The number of nitrogens with two attached hydrogens (primary N) is 1. The number of nitrogens with zero attached hydrogens (tertiary/aromatic N) is 2. The van der Waals surface area contributed by atoms with Gasteiger partial charge in [0.05, 0.1) is 12.6 Å². The Bertz CT molecular complexity index is 300. The van der Waals surface area contributed by atoms with E-state index in [0.717, 1.165) is 0 Å². The van der Waals surface area contributed by atoms with Gasteiger partial charge < -0.3 is 15.8 Å². The molecule has 1 aromatic rings. The van der Waals surface area contributed by atoms with Crippen LogP contribution >= 0.6 is 0 Å². The summed E-state index contributed by atoms with van der Waals surface area (Å²) in [5, 5.41) is 6.77. The summed E-state index contributed by atoms with van der Waals surface area (Å²) in [5.41, 5.74) is 5.65. The molecule has 0 radical (unpaired) electrons. The maximum atomic E-state index is 11.5. The van der Waals surface area contributed by atoms with Crippen LogP contribution in [0.3, 0.4) is 0 Å². The molecular weight excluding hydrogens is 208 g/mol. The first-order chi connectivity index (χ1) is 7.74. The second-order valence-electron chi connectivity index (χ2n) is 3.45. The molecule has 0 aliphatic rings. The quantitative estimate of drug-likeness (QED) is 0.648. The topological polar surface area (TPSA) is 82.2 Å². The smallest absolute Gasteiger partial charge is 0.237 e. The molecular formula is C10H18N4O2. The number of ether oxygens (including phenoxy) is 1. The number of hydrogen-bond acceptors (Lipinski definition) is 4. The van der Waals surface area contributed by atoms with E-state index in [2.05, 4.69) is 10.4 Å². The normalized spacial score (nSPS) is 12.4. The van der Waals surface area contributed by atoms with E-state index in [9.17, 15) is 4.79 Å². The molecule has 0 aliphatic heterocycles. The number of carbonyl (C=O) groups is 1. The molecule has 1 heterocycles. The molecule has 16 heavy (non-hydrogen) atoms. The van der Waals surface area contributed by atoms with Gasteiger partial charge in [0.1, 0.15) is 0 Å². The molecule has 6 heteroatoms. The highest BCUT2D eigenvalue weighted by Gasteiger charge is 2.11. The van der Waals surface area contributed by atoms with Crippen LogP contribution in [0.25, 0.3) is 0 Å². The Morgan fingerprint density at radius 2 is 2.50 bits per heavy atom. The van der Waals surface area contributed by atoms with Crippen molar-refractivity contribution in [2.45, 2.75) is 19.0 Å². The average molecular weight is 226 g/mol. The van der Waals surface area contributed by atoms with E-state index in [1.807, 2.05) is 12.3 Å². The van der Waals surface area contributed by atoms with Gasteiger partial charge in [-0.1, -0.05) is 0 Å². The molecule has 1 amide bonds. The number of rotatable bonds is 7. The largest absolute Gasteiger partial charge is 0.385 e. The molecule has 0 fully saturated rings. The summed E-state index contributed by atoms with van der Waals surface area (Å²) >= 11 is 0. The van der Waals surface area contributed by atoms with Crippen LogP contribution < -0.4 is 11.1 Å². The first-order valence-corrected chi connectivity index (χ1v) is 5.23. The second-order valence-corrected chi connectivity index (χ2v) is 3.45. The maximum Gasteiger partial charge on any atom is 0.237 e. The van der Waals surface area contributed by atoms with E-state index in [1.165, 1.54) is 0 Å². The van der Waals surface area contributed by atoms with Crippen molar-refractivity contribution >= 4 is 5.91 Å². The van der Waals surface area contributed by atoms with Crippen molar-refractivity contribution in [3.05, 3.63) is 18.5 Å². The molecule has 0 saturated heterocycles. The second kappa shape index (κ2) is 6.97. The summed E-state index contributed by atoms with van der Waals surface area (Å²) < 4.78 is 6.60. The van der Waals surface area contributed by atoms with Crippen LogP contribution in [0.15, 0.2) is 18.5 Å². The maximum absolute atomic E-state index is 11.5. The van der Waals surface area contributed by atoms with E-state index in [1.54, 1.807) is 18.0 Å². The molecule has 1 unspecified atom stereocenters. The Morgan fingerprint density at radius 3 is 3.12 bits per heavy atom. The molecule has 3 N–H and O–H groups in total. The fourth-order valence-corrected chi connectivity index (χ4v) is 1.23. The van der Waals surface area contributed by atoms with Crippen LogP contribution in [-0.2, 0) is 16.1 Å². The highest BCUT2D eigenvalue weighted by molar-refractivity contribution is 5.81. The van der Waals surface area contributed by atoms with Crippen LogP contribution in [0.5, 0.6) is 0 Å². The van der Waals surface area contributed by atoms with Gasteiger partial charge >= 0.3 is 0 Å². The van der Waals surface area contributed by atoms with E-state index in [-0.39, 0.29) is 5.91 Å². The number of amides is 1. The molecule has 0 aromatic carbocycles. The first kappa shape index (κ1) is 12.7. The van der Waals surface area contributed by atoms with Crippen LogP contribution in [0.2, 0.25) is 0 Å². The molecule has 0 aliphatic carbocycles. The lowest BCUT2D eigenvalue weighted by Crippen LogP contribution is -2.42. The molecule has 1 aromatic heterocycles. The fraction of sp³-hybridized carbons (Fsp3) is 0.600. The number of hydrogen-bond donors (Lipinski definition) is 2. The average Bonchev–Trinajstić information content (AvgIpc) is 2.78. The van der Waals surface area contributed by atoms with Crippen LogP contribution in [0.1, 0.15) is 6.42 Å². The van der Waals surface area contributed by atoms with Gasteiger partial charge in [-0.3, -0.25) is 9.48 Å². The van der Waals surface area contributed by atoms with Gasteiger partial charge in [0.2, 0.25) is 5.91 Å². The minimum Gasteiger partial charge on any atom is -0.385 e. The molecule has 90 valence electrons. The first-order valence-electron chi connectivity index (χ1n) is 5.23. The Kier molecular flexibility index (Phi) is 5.52. The van der Waals surface area contributed by atoms with Crippen molar-refractivity contribution in [1.82, 2.24) is 15.1 Å². The zero-order valence-electron chi connectivity index (χ0n) is 9.43. The Morgan fingerprint density at radius 1 is 1.69 bits per heavy atom. The lowest BCUT2D eigenvalue weighted by molar-refractivity contribution is -0.122. The molecule has 1 atom stereocenters. The summed E-state index contributed by atoms with van der Waals surface area (Å²) in [6, 6.07) is 1.34. The van der Waals surface area contributed by atoms with E-state index in [0.29, 0.717) is 26.1 Å². The summed E-state index contributed by atoms with van der Waals surface area (Å²) in [4.78, 5) is 11.5. The predicted molar refractivity (Wildman–Crippen MR) is 59.7 cm³/mol. The minimum absolute atomic E-state index is 0.149. The number of nitrogens with one attached hydrogen (secondary N) is 1. The number of methoxy groups -OCH3 is 1. The van der Waals surface area contributed by atoms with Crippen LogP contribution in [0.4, 0.5) is 0 Å². The van der Waals surface area contributed by atoms with Gasteiger partial charge in [-0.15, -0.1) is 0 Å². The van der Waals surface area contributed by atoms with E-state index < -0.39 is 6.04 Å². The molecule has 6 nitrogen and oxygen atoms in total. The fourth-order valence-electron chi connectivity index (χ4n) is 1.23. The van der Waals surface area contributed by atoms with Crippen molar-refractivity contribution < 1.29 is 9.53 Å². The lowest BCUT2D eigenvalue weighted by Gasteiger charge is -2.11. The highest BCUT2D eigenvalue weighted by Crippen LogP contribution is 1.89. The molecule has 1 rings (SSSR count). The lowest BCUT2D eigenvalue weighted by atomic mass is 10.2. The van der Waals surface area contributed by atoms with Crippen LogP contribution in [0, 0.1) is 0 Å². The molecule has 0 saturated carbocycles. The monoisotopic (exact) mass is 226 g/mol. The number of aromatic nitrogens is 2. The zero-order valence-corrected chi connectivity index (χ0v) is 9.43. The summed E-state index contributed by atoms with van der Waals surface area (Å²) in [6.07, 6.45) is 4.08. The van der Waals surface area contributed by atoms with Crippen molar-refractivity contribution in [2.24, 2.45) is 5.73 Å². The molecule has 0 bridgehead atoms. The minimum atomic E-state index is -0.502. The Hall–Kier alpha value is -1.40. The van der Waals surface area contributed by atoms with Crippen molar-refractivity contribution in [3.63, 3.8) is 0 Å². The number of carbonyl (C=O) groups excluding carboxylic acids is 1. The van der Waals surface area contributed by atoms with Crippen molar-refractivity contribution in [1.29, 1.82) is 0 Å². The van der Waals surface area contributed by atoms with Crippen molar-refractivity contribution in [2.75, 3.05) is 20.3 Å². The third-order valence-corrected chi connectivity index (χ3v) is 2.17. The van der Waals surface area contributed by atoms with Gasteiger partial charge in [-0.25, -0.2) is 0 Å². The Balaban J connectivity index is 2.14. The van der Waals surface area contributed by atoms with Gasteiger partial charge in [0.15, 0.2) is 0 Å². The highest BCUT2D eigenvalue weighted by atomic mass is 16.5. The summed E-state index contributed by atoms with van der Waals surface area (Å²) in [6.45, 7) is 1.67. The van der Waals surface area contributed by atoms with Gasteiger partial charge in [0, 0.05) is 32.7 Å².